The van der Waals surface area contributed by atoms with Crippen LogP contribution in [0.4, 0.5) is 0 Å². The van der Waals surface area contributed by atoms with Gasteiger partial charge in [-0.25, -0.2) is 0 Å². The van der Waals surface area contributed by atoms with Gasteiger partial charge in [0.15, 0.2) is 0 Å². The number of carbonyl (C=O) groups is 2. The molecule has 1 aromatic rings. The summed E-state index contributed by atoms with van der Waals surface area (Å²) in [6.45, 7) is 2.38. The molecule has 7 heteroatoms. The van der Waals surface area contributed by atoms with Crippen LogP contribution in [0.25, 0.3) is 0 Å². The minimum atomic E-state index is -0.820. The van der Waals surface area contributed by atoms with Crippen LogP contribution >= 0.6 is 35.0 Å². The SMILES string of the molecule is CC(CCC(=O)O)CNC(=O)CSc1cc(Cl)ccc1Cl. The Balaban J connectivity index is 2.31. The number of aliphatic carboxylic acids is 1. The molecule has 0 bridgehead atoms. The largest absolute Gasteiger partial charge is 0.481 e. The number of rotatable bonds is 8. The van der Waals surface area contributed by atoms with Gasteiger partial charge >= 0.3 is 5.97 Å². The summed E-state index contributed by atoms with van der Waals surface area (Å²) in [4.78, 5) is 22.9. The summed E-state index contributed by atoms with van der Waals surface area (Å²) in [5, 5.41) is 12.5. The molecule has 0 radical (unpaired) electrons. The molecule has 0 aliphatic heterocycles. The fourth-order valence-electron chi connectivity index (χ4n) is 1.54. The molecule has 0 aliphatic carbocycles. The third-order valence-electron chi connectivity index (χ3n) is 2.75. The fourth-order valence-corrected chi connectivity index (χ4v) is 2.87. The molecule has 1 rings (SSSR count). The van der Waals surface area contributed by atoms with E-state index in [4.69, 9.17) is 28.3 Å². The molecule has 21 heavy (non-hydrogen) atoms. The maximum Gasteiger partial charge on any atom is 0.303 e. The van der Waals surface area contributed by atoms with Crippen molar-refractivity contribution >= 4 is 46.8 Å². The lowest BCUT2D eigenvalue weighted by Crippen LogP contribution is -2.29. The van der Waals surface area contributed by atoms with Crippen molar-refractivity contribution in [2.24, 2.45) is 5.92 Å². The highest BCUT2D eigenvalue weighted by Gasteiger charge is 2.09. The van der Waals surface area contributed by atoms with Crippen LogP contribution < -0.4 is 5.32 Å². The number of amides is 1. The van der Waals surface area contributed by atoms with Gasteiger partial charge in [-0.2, -0.15) is 0 Å². The quantitative estimate of drug-likeness (QED) is 0.702. The third-order valence-corrected chi connectivity index (χ3v) is 4.48. The topological polar surface area (TPSA) is 66.4 Å². The molecule has 0 heterocycles. The van der Waals surface area contributed by atoms with Crippen molar-refractivity contribution in [1.82, 2.24) is 5.32 Å². The minimum Gasteiger partial charge on any atom is -0.481 e. The van der Waals surface area contributed by atoms with Gasteiger partial charge in [0.1, 0.15) is 0 Å². The van der Waals surface area contributed by atoms with Crippen LogP contribution in [0.1, 0.15) is 19.8 Å². The van der Waals surface area contributed by atoms with Crippen LogP contribution in [0.3, 0.4) is 0 Å². The average Bonchev–Trinajstić information content (AvgIpc) is 2.43. The van der Waals surface area contributed by atoms with E-state index in [2.05, 4.69) is 5.32 Å². The van der Waals surface area contributed by atoms with Gasteiger partial charge in [0, 0.05) is 22.9 Å². The Hall–Kier alpha value is -0.910. The lowest BCUT2D eigenvalue weighted by molar-refractivity contribution is -0.137. The molecule has 0 saturated heterocycles. The van der Waals surface area contributed by atoms with E-state index in [0.717, 1.165) is 4.90 Å². The third kappa shape index (κ3) is 7.60. The van der Waals surface area contributed by atoms with Crippen LogP contribution in [0.15, 0.2) is 23.1 Å². The summed E-state index contributed by atoms with van der Waals surface area (Å²) in [5.74, 6) is -0.562. The molecule has 0 aromatic heterocycles. The van der Waals surface area contributed by atoms with E-state index in [-0.39, 0.29) is 24.0 Å². The molecule has 116 valence electrons. The first-order chi connectivity index (χ1) is 9.88. The monoisotopic (exact) mass is 349 g/mol. The maximum atomic E-state index is 11.7. The van der Waals surface area contributed by atoms with Crippen molar-refractivity contribution in [3.63, 3.8) is 0 Å². The van der Waals surface area contributed by atoms with Gasteiger partial charge in [0.25, 0.3) is 0 Å². The summed E-state index contributed by atoms with van der Waals surface area (Å²) in [7, 11) is 0. The Labute approximate surface area is 138 Å². The van der Waals surface area contributed by atoms with Crippen LogP contribution in [-0.2, 0) is 9.59 Å². The molecule has 0 fully saturated rings. The fraction of sp³-hybridized carbons (Fsp3) is 0.429. The second kappa shape index (κ2) is 9.18. The predicted octanol–water partition coefficient (Wildman–Crippen LogP) is 3.70. The van der Waals surface area contributed by atoms with Crippen LogP contribution in [0, 0.1) is 5.92 Å². The highest BCUT2D eigenvalue weighted by molar-refractivity contribution is 8.00. The molecule has 4 nitrogen and oxygen atoms in total. The predicted molar refractivity (Wildman–Crippen MR) is 86.2 cm³/mol. The number of benzene rings is 1. The van der Waals surface area contributed by atoms with E-state index in [1.807, 2.05) is 6.92 Å². The Morgan fingerprint density at radius 3 is 2.76 bits per heavy atom. The van der Waals surface area contributed by atoms with Crippen molar-refractivity contribution in [3.8, 4) is 0 Å². The van der Waals surface area contributed by atoms with E-state index >= 15 is 0 Å². The second-order valence-corrected chi connectivity index (χ2v) is 6.57. The van der Waals surface area contributed by atoms with Crippen molar-refractivity contribution in [1.29, 1.82) is 0 Å². The first-order valence-electron chi connectivity index (χ1n) is 6.45. The zero-order valence-corrected chi connectivity index (χ0v) is 13.9. The Morgan fingerprint density at radius 2 is 2.10 bits per heavy atom. The number of hydrogen-bond acceptors (Lipinski definition) is 3. The van der Waals surface area contributed by atoms with E-state index in [1.165, 1.54) is 11.8 Å². The molecule has 1 atom stereocenters. The van der Waals surface area contributed by atoms with Gasteiger partial charge in [-0.1, -0.05) is 30.1 Å². The van der Waals surface area contributed by atoms with Crippen molar-refractivity contribution < 1.29 is 14.7 Å². The molecule has 0 aliphatic rings. The molecule has 0 saturated carbocycles. The summed E-state index contributed by atoms with van der Waals surface area (Å²) in [5.41, 5.74) is 0. The van der Waals surface area contributed by atoms with E-state index in [1.54, 1.807) is 18.2 Å². The van der Waals surface area contributed by atoms with Crippen molar-refractivity contribution in [3.05, 3.63) is 28.2 Å². The zero-order chi connectivity index (χ0) is 15.8. The molecular formula is C14H17Cl2NO3S. The second-order valence-electron chi connectivity index (χ2n) is 4.71. The number of carboxylic acids is 1. The summed E-state index contributed by atoms with van der Waals surface area (Å²) < 4.78 is 0. The Bertz CT molecular complexity index is 511. The van der Waals surface area contributed by atoms with Crippen molar-refractivity contribution in [2.75, 3.05) is 12.3 Å². The normalized spacial score (nSPS) is 12.0. The highest BCUT2D eigenvalue weighted by atomic mass is 35.5. The van der Waals surface area contributed by atoms with Crippen LogP contribution in [0.2, 0.25) is 10.0 Å². The molecule has 1 unspecified atom stereocenters. The van der Waals surface area contributed by atoms with E-state index in [9.17, 15) is 9.59 Å². The van der Waals surface area contributed by atoms with Gasteiger partial charge < -0.3 is 10.4 Å². The van der Waals surface area contributed by atoms with Gasteiger partial charge in [0.2, 0.25) is 5.91 Å². The van der Waals surface area contributed by atoms with E-state index < -0.39 is 5.97 Å². The number of thioether (sulfide) groups is 1. The highest BCUT2D eigenvalue weighted by Crippen LogP contribution is 2.29. The number of halogens is 2. The smallest absolute Gasteiger partial charge is 0.303 e. The minimum absolute atomic E-state index is 0.113. The molecule has 2 N–H and O–H groups in total. The number of hydrogen-bond donors (Lipinski definition) is 2. The lowest BCUT2D eigenvalue weighted by Gasteiger charge is -2.11. The number of carboxylic acid groups (broad SMARTS) is 1. The first-order valence-corrected chi connectivity index (χ1v) is 8.19. The molecule has 1 amide bonds. The molecular weight excluding hydrogens is 333 g/mol. The van der Waals surface area contributed by atoms with Crippen molar-refractivity contribution in [2.45, 2.75) is 24.7 Å². The Morgan fingerprint density at radius 1 is 1.38 bits per heavy atom. The van der Waals surface area contributed by atoms with Gasteiger partial charge in [0.05, 0.1) is 10.8 Å². The first kappa shape index (κ1) is 18.1. The summed E-state index contributed by atoms with van der Waals surface area (Å²) >= 11 is 13.2. The number of nitrogens with one attached hydrogen (secondary N) is 1. The maximum absolute atomic E-state index is 11.7. The van der Waals surface area contributed by atoms with E-state index in [0.29, 0.717) is 23.0 Å². The average molecular weight is 350 g/mol. The summed E-state index contributed by atoms with van der Waals surface area (Å²) in [6, 6.07) is 5.10. The van der Waals surface area contributed by atoms with Gasteiger partial charge in [-0.15, -0.1) is 11.8 Å². The van der Waals surface area contributed by atoms with Crippen LogP contribution in [0.5, 0.6) is 0 Å². The molecule has 1 aromatic carbocycles. The Kier molecular flexibility index (Phi) is 7.93. The number of carbonyl (C=O) groups excluding carboxylic acids is 1. The lowest BCUT2D eigenvalue weighted by atomic mass is 10.1. The van der Waals surface area contributed by atoms with Gasteiger partial charge in [-0.05, 0) is 30.5 Å². The van der Waals surface area contributed by atoms with Gasteiger partial charge in [-0.3, -0.25) is 9.59 Å². The summed E-state index contributed by atoms with van der Waals surface area (Å²) in [6.07, 6.45) is 0.660. The standard InChI is InChI=1S/C14H17Cl2NO3S/c1-9(2-5-14(19)20)7-17-13(18)8-21-12-6-10(15)3-4-11(12)16/h3-4,6,9H,2,5,7-8H2,1H3,(H,17,18)(H,19,20). The molecule has 0 spiro atoms. The van der Waals surface area contributed by atoms with Crippen LogP contribution in [-0.4, -0.2) is 29.3 Å². The zero-order valence-electron chi connectivity index (χ0n) is 11.6.